The van der Waals surface area contributed by atoms with E-state index in [0.29, 0.717) is 36.8 Å². The van der Waals surface area contributed by atoms with E-state index in [4.69, 9.17) is 9.47 Å². The Hall–Kier alpha value is -3.55. The second-order valence-electron chi connectivity index (χ2n) is 9.02. The molecule has 178 valence electrons. The molecule has 8 nitrogen and oxygen atoms in total. The molecule has 0 saturated carbocycles. The minimum atomic E-state index is -0.647. The van der Waals surface area contributed by atoms with Gasteiger partial charge in [0.15, 0.2) is 11.5 Å². The Balaban J connectivity index is 1.28. The summed E-state index contributed by atoms with van der Waals surface area (Å²) in [5, 5.41) is 2.97. The van der Waals surface area contributed by atoms with Gasteiger partial charge in [0.05, 0.1) is 5.92 Å². The van der Waals surface area contributed by atoms with Crippen molar-refractivity contribution in [2.24, 2.45) is 5.92 Å². The van der Waals surface area contributed by atoms with E-state index >= 15 is 0 Å². The highest BCUT2D eigenvalue weighted by atomic mass is 16.6. The topological polar surface area (TPSA) is 88.2 Å². The number of amides is 3. The number of ether oxygens (including phenoxy) is 2. The number of anilines is 1. The van der Waals surface area contributed by atoms with Gasteiger partial charge in [0.25, 0.3) is 0 Å². The third-order valence-electron chi connectivity index (χ3n) is 6.65. The van der Waals surface area contributed by atoms with Crippen LogP contribution in [0.15, 0.2) is 48.5 Å². The van der Waals surface area contributed by atoms with Crippen LogP contribution in [0.5, 0.6) is 11.5 Å². The van der Waals surface area contributed by atoms with Gasteiger partial charge in [-0.3, -0.25) is 14.4 Å². The summed E-state index contributed by atoms with van der Waals surface area (Å²) in [5.74, 6) is 0.293. The molecule has 3 amide bonds. The number of nitrogens with one attached hydrogen (secondary N) is 1. The van der Waals surface area contributed by atoms with Gasteiger partial charge in [0.2, 0.25) is 17.7 Å². The standard InChI is InChI=1S/C26H29N3O5/c30-24-15-19(17-29(24)20-8-9-22-23(16-20)34-13-12-33-22)25(31)27-21(14-18-6-2-1-3-7-18)26(32)28-10-4-5-11-28/h1-3,6-9,16,19,21H,4-5,10-15,17H2,(H,27,31). The van der Waals surface area contributed by atoms with Gasteiger partial charge >= 0.3 is 0 Å². The van der Waals surface area contributed by atoms with Crippen LogP contribution in [0.25, 0.3) is 0 Å². The summed E-state index contributed by atoms with van der Waals surface area (Å²) in [6.07, 6.45) is 2.50. The molecule has 2 aromatic rings. The summed E-state index contributed by atoms with van der Waals surface area (Å²) in [6, 6.07) is 14.4. The predicted molar refractivity (Wildman–Crippen MR) is 126 cm³/mol. The lowest BCUT2D eigenvalue weighted by Crippen LogP contribution is -2.50. The Morgan fingerprint density at radius 1 is 1.00 bits per heavy atom. The van der Waals surface area contributed by atoms with Crippen LogP contribution in [0, 0.1) is 5.92 Å². The van der Waals surface area contributed by atoms with Crippen molar-refractivity contribution in [2.75, 3.05) is 37.7 Å². The first-order valence-electron chi connectivity index (χ1n) is 11.9. The average molecular weight is 464 g/mol. The van der Waals surface area contributed by atoms with Crippen molar-refractivity contribution in [1.82, 2.24) is 10.2 Å². The van der Waals surface area contributed by atoms with E-state index in [1.54, 1.807) is 23.1 Å². The van der Waals surface area contributed by atoms with E-state index in [1.807, 2.05) is 35.2 Å². The number of fused-ring (bicyclic) bond motifs is 1. The molecule has 0 aliphatic carbocycles. The number of carbonyl (C=O) groups is 3. The predicted octanol–water partition coefficient (Wildman–Crippen LogP) is 2.16. The van der Waals surface area contributed by atoms with Crippen LogP contribution in [0.2, 0.25) is 0 Å². The van der Waals surface area contributed by atoms with Gasteiger partial charge in [-0.1, -0.05) is 30.3 Å². The summed E-state index contributed by atoms with van der Waals surface area (Å²) >= 11 is 0. The van der Waals surface area contributed by atoms with Crippen molar-refractivity contribution in [3.8, 4) is 11.5 Å². The Morgan fingerprint density at radius 3 is 2.50 bits per heavy atom. The number of rotatable bonds is 6. The molecule has 0 radical (unpaired) electrons. The number of carbonyl (C=O) groups excluding carboxylic acids is 3. The zero-order chi connectivity index (χ0) is 23.5. The molecule has 8 heteroatoms. The molecule has 2 fully saturated rings. The second-order valence-corrected chi connectivity index (χ2v) is 9.02. The second kappa shape index (κ2) is 9.75. The summed E-state index contributed by atoms with van der Waals surface area (Å²) in [5.41, 5.74) is 1.67. The Kier molecular flexibility index (Phi) is 6.38. The molecule has 0 spiro atoms. The molecule has 0 bridgehead atoms. The van der Waals surface area contributed by atoms with Gasteiger partial charge in [-0.15, -0.1) is 0 Å². The van der Waals surface area contributed by atoms with Crippen LogP contribution in [0.1, 0.15) is 24.8 Å². The van der Waals surface area contributed by atoms with E-state index < -0.39 is 12.0 Å². The number of hydrogen-bond acceptors (Lipinski definition) is 5. The van der Waals surface area contributed by atoms with E-state index in [-0.39, 0.29) is 30.7 Å². The summed E-state index contributed by atoms with van der Waals surface area (Å²) in [4.78, 5) is 42.6. The van der Waals surface area contributed by atoms with Crippen molar-refractivity contribution < 1.29 is 23.9 Å². The van der Waals surface area contributed by atoms with Crippen LogP contribution < -0.4 is 19.7 Å². The summed E-state index contributed by atoms with van der Waals surface area (Å²) < 4.78 is 11.2. The maximum absolute atomic E-state index is 13.2. The summed E-state index contributed by atoms with van der Waals surface area (Å²) in [6.45, 7) is 2.67. The van der Waals surface area contributed by atoms with E-state index in [2.05, 4.69) is 5.32 Å². The van der Waals surface area contributed by atoms with Gasteiger partial charge in [0.1, 0.15) is 19.3 Å². The van der Waals surface area contributed by atoms with Gasteiger partial charge in [-0.25, -0.2) is 0 Å². The lowest BCUT2D eigenvalue weighted by atomic mass is 10.0. The fraction of sp³-hybridized carbons (Fsp3) is 0.423. The minimum absolute atomic E-state index is 0.0530. The fourth-order valence-corrected chi connectivity index (χ4v) is 4.83. The highest BCUT2D eigenvalue weighted by Gasteiger charge is 2.38. The monoisotopic (exact) mass is 463 g/mol. The van der Waals surface area contributed by atoms with E-state index in [0.717, 1.165) is 31.5 Å². The maximum atomic E-state index is 13.2. The normalized spacial score (nSPS) is 20.4. The van der Waals surface area contributed by atoms with Gasteiger partial charge in [0, 0.05) is 44.2 Å². The van der Waals surface area contributed by atoms with E-state index in [1.165, 1.54) is 0 Å². The van der Waals surface area contributed by atoms with Crippen molar-refractivity contribution in [3.05, 3.63) is 54.1 Å². The van der Waals surface area contributed by atoms with Crippen molar-refractivity contribution >= 4 is 23.4 Å². The first kappa shape index (κ1) is 22.3. The molecule has 3 aliphatic rings. The minimum Gasteiger partial charge on any atom is -0.486 e. The summed E-state index contributed by atoms with van der Waals surface area (Å²) in [7, 11) is 0. The molecule has 2 aromatic carbocycles. The number of hydrogen-bond donors (Lipinski definition) is 1. The molecule has 34 heavy (non-hydrogen) atoms. The smallest absolute Gasteiger partial charge is 0.245 e. The first-order valence-corrected chi connectivity index (χ1v) is 11.9. The average Bonchev–Trinajstić information content (AvgIpc) is 3.54. The van der Waals surface area contributed by atoms with Crippen LogP contribution in [0.3, 0.4) is 0 Å². The van der Waals surface area contributed by atoms with Crippen molar-refractivity contribution in [1.29, 1.82) is 0 Å². The molecule has 3 aliphatic heterocycles. The van der Waals surface area contributed by atoms with Gasteiger partial charge in [-0.05, 0) is 30.5 Å². The largest absolute Gasteiger partial charge is 0.486 e. The Morgan fingerprint density at radius 2 is 1.74 bits per heavy atom. The number of likely N-dealkylation sites (tertiary alicyclic amines) is 1. The van der Waals surface area contributed by atoms with Gasteiger partial charge in [-0.2, -0.15) is 0 Å². The van der Waals surface area contributed by atoms with Crippen LogP contribution >= 0.6 is 0 Å². The fourth-order valence-electron chi connectivity index (χ4n) is 4.83. The molecular formula is C26H29N3O5. The van der Waals surface area contributed by atoms with Crippen LogP contribution in [0.4, 0.5) is 5.69 Å². The first-order chi connectivity index (χ1) is 16.6. The molecule has 1 N–H and O–H groups in total. The number of nitrogens with zero attached hydrogens (tertiary/aromatic N) is 2. The molecule has 3 heterocycles. The molecular weight excluding hydrogens is 434 g/mol. The Labute approximate surface area is 198 Å². The van der Waals surface area contributed by atoms with Crippen LogP contribution in [-0.2, 0) is 20.8 Å². The molecule has 2 atom stereocenters. The SMILES string of the molecule is O=C(NC(Cc1ccccc1)C(=O)N1CCCC1)C1CC(=O)N(c2ccc3c(c2)OCCO3)C1. The maximum Gasteiger partial charge on any atom is 0.245 e. The van der Waals surface area contributed by atoms with Crippen molar-refractivity contribution in [3.63, 3.8) is 0 Å². The molecule has 2 unspecified atom stereocenters. The quantitative estimate of drug-likeness (QED) is 0.709. The third-order valence-corrected chi connectivity index (χ3v) is 6.65. The zero-order valence-corrected chi connectivity index (χ0v) is 19.1. The van der Waals surface area contributed by atoms with E-state index in [9.17, 15) is 14.4 Å². The highest BCUT2D eigenvalue weighted by Crippen LogP contribution is 2.36. The third kappa shape index (κ3) is 4.71. The molecule has 0 aromatic heterocycles. The lowest BCUT2D eigenvalue weighted by Gasteiger charge is -2.25. The lowest BCUT2D eigenvalue weighted by molar-refractivity contribution is -0.136. The van der Waals surface area contributed by atoms with Gasteiger partial charge < -0.3 is 24.6 Å². The van der Waals surface area contributed by atoms with Crippen molar-refractivity contribution in [2.45, 2.75) is 31.7 Å². The zero-order valence-electron chi connectivity index (χ0n) is 19.1. The molecule has 2 saturated heterocycles. The molecule has 5 rings (SSSR count). The van der Waals surface area contributed by atoms with Crippen LogP contribution in [-0.4, -0.2) is 61.5 Å². The highest BCUT2D eigenvalue weighted by molar-refractivity contribution is 6.01. The Bertz CT molecular complexity index is 1070. The number of benzene rings is 2.